The van der Waals surface area contributed by atoms with Crippen molar-refractivity contribution in [2.45, 2.75) is 19.6 Å². The van der Waals surface area contributed by atoms with E-state index in [1.54, 1.807) is 51.4 Å². The number of carbonyl (C=O) groups excluding carboxylic acids is 1. The monoisotopic (exact) mass is 485 g/mol. The average molecular weight is 485 g/mol. The van der Waals surface area contributed by atoms with E-state index < -0.39 is 17.7 Å². The highest BCUT2D eigenvalue weighted by atomic mass is 127. The highest BCUT2D eigenvalue weighted by Gasteiger charge is 2.36. The van der Waals surface area contributed by atoms with E-state index in [9.17, 15) is 18.0 Å². The number of benzene rings is 2. The molecule has 3 rings (SSSR count). The number of esters is 1. The highest BCUT2D eigenvalue weighted by Crippen LogP contribution is 2.39. The Morgan fingerprint density at radius 3 is 2.26 bits per heavy atom. The molecule has 0 aliphatic carbocycles. The molecule has 0 radical (unpaired) electrons. The van der Waals surface area contributed by atoms with Gasteiger partial charge < -0.3 is 9.30 Å². The predicted octanol–water partition coefficient (Wildman–Crippen LogP) is 5.75. The van der Waals surface area contributed by atoms with Crippen molar-refractivity contribution >= 4 is 28.6 Å². The van der Waals surface area contributed by atoms with Gasteiger partial charge in [-0.3, -0.25) is 4.79 Å². The number of halogens is 4. The van der Waals surface area contributed by atoms with Crippen LogP contribution < -0.4 is 4.74 Å². The molecule has 0 bridgehead atoms. The molecule has 7 heteroatoms. The number of rotatable bonds is 4. The number of alkyl halides is 3. The Bertz CT molecular complexity index is 948. The van der Waals surface area contributed by atoms with Crippen LogP contribution in [0, 0.1) is 3.57 Å². The molecule has 1 heterocycles. The molecule has 0 fully saturated rings. The quantitative estimate of drug-likeness (QED) is 0.268. The van der Waals surface area contributed by atoms with Crippen LogP contribution in [0.15, 0.2) is 60.8 Å². The number of hydrogen-bond donors (Lipinski definition) is 0. The molecule has 0 aliphatic rings. The van der Waals surface area contributed by atoms with Crippen LogP contribution in [-0.2, 0) is 17.5 Å². The second-order valence-corrected chi connectivity index (χ2v) is 7.01. The van der Waals surface area contributed by atoms with Crippen LogP contribution in [0.5, 0.6) is 5.75 Å². The molecule has 2 aromatic carbocycles. The van der Waals surface area contributed by atoms with Crippen LogP contribution in [-0.4, -0.2) is 10.5 Å². The van der Waals surface area contributed by atoms with Crippen molar-refractivity contribution in [1.29, 1.82) is 0 Å². The summed E-state index contributed by atoms with van der Waals surface area (Å²) in [6.45, 7) is 1.60. The van der Waals surface area contributed by atoms with E-state index in [1.807, 2.05) is 30.3 Å². The summed E-state index contributed by atoms with van der Waals surface area (Å²) >= 11 is 1.74. The van der Waals surface area contributed by atoms with E-state index >= 15 is 0 Å². The number of nitrogens with zero attached hydrogens (tertiary/aromatic N) is 1. The van der Waals surface area contributed by atoms with Crippen molar-refractivity contribution in [2.24, 2.45) is 0 Å². The van der Waals surface area contributed by atoms with Gasteiger partial charge in [-0.15, -0.1) is 0 Å². The van der Waals surface area contributed by atoms with Crippen LogP contribution in [0.1, 0.15) is 18.1 Å². The summed E-state index contributed by atoms with van der Waals surface area (Å²) < 4.78 is 47.0. The van der Waals surface area contributed by atoms with Gasteiger partial charge in [-0.1, -0.05) is 30.3 Å². The van der Waals surface area contributed by atoms with E-state index in [2.05, 4.69) is 0 Å². The minimum atomic E-state index is -4.44. The van der Waals surface area contributed by atoms with Gasteiger partial charge in [-0.05, 0) is 58.0 Å². The van der Waals surface area contributed by atoms with Crippen molar-refractivity contribution in [1.82, 2.24) is 4.57 Å². The fourth-order valence-electron chi connectivity index (χ4n) is 2.77. The Morgan fingerprint density at radius 1 is 1.07 bits per heavy atom. The third-order valence-corrected chi connectivity index (χ3v) is 5.00. The number of hydrogen-bond acceptors (Lipinski definition) is 2. The molecule has 3 aromatic rings. The summed E-state index contributed by atoms with van der Waals surface area (Å²) in [5.41, 5.74) is 1.32. The molecule has 0 spiro atoms. The summed E-state index contributed by atoms with van der Waals surface area (Å²) in [7, 11) is 0. The fraction of sp³-hybridized carbons (Fsp3) is 0.150. The SMILES string of the molecule is CC(=O)Oc1ccc(-c2c(I)c(C(F)(F)F)cn2Cc2ccccc2)cc1. The molecule has 0 N–H and O–H groups in total. The Balaban J connectivity index is 2.06. The van der Waals surface area contributed by atoms with E-state index in [0.29, 0.717) is 23.6 Å². The van der Waals surface area contributed by atoms with Gasteiger partial charge in [0.1, 0.15) is 5.75 Å². The van der Waals surface area contributed by atoms with Gasteiger partial charge in [0.15, 0.2) is 0 Å². The highest BCUT2D eigenvalue weighted by molar-refractivity contribution is 14.1. The van der Waals surface area contributed by atoms with E-state index in [0.717, 1.165) is 11.8 Å². The molecule has 0 amide bonds. The zero-order chi connectivity index (χ0) is 19.6. The molecule has 1 aromatic heterocycles. The van der Waals surface area contributed by atoms with Crippen molar-refractivity contribution in [3.05, 3.63) is 75.5 Å². The largest absolute Gasteiger partial charge is 0.427 e. The van der Waals surface area contributed by atoms with Crippen molar-refractivity contribution < 1.29 is 22.7 Å². The van der Waals surface area contributed by atoms with Crippen LogP contribution >= 0.6 is 22.6 Å². The molecule has 0 saturated carbocycles. The van der Waals surface area contributed by atoms with Gasteiger partial charge in [0.25, 0.3) is 0 Å². The molecular weight excluding hydrogens is 470 g/mol. The minimum absolute atomic E-state index is 0.135. The Hall–Kier alpha value is -2.29. The molecule has 0 atom stereocenters. The van der Waals surface area contributed by atoms with Crippen molar-refractivity contribution in [3.8, 4) is 17.0 Å². The second kappa shape index (κ2) is 7.75. The third kappa shape index (κ3) is 4.52. The zero-order valence-corrected chi connectivity index (χ0v) is 16.4. The summed E-state index contributed by atoms with van der Waals surface area (Å²) in [5.74, 6) is -0.109. The van der Waals surface area contributed by atoms with Crippen molar-refractivity contribution in [2.75, 3.05) is 0 Å². The van der Waals surface area contributed by atoms with E-state index in [4.69, 9.17) is 4.74 Å². The maximum Gasteiger partial charge on any atom is 0.418 e. The van der Waals surface area contributed by atoms with Crippen LogP contribution in [0.25, 0.3) is 11.3 Å². The summed E-state index contributed by atoms with van der Waals surface area (Å²) in [6, 6.07) is 15.7. The molecule has 0 unspecified atom stereocenters. The predicted molar refractivity (Wildman–Crippen MR) is 104 cm³/mol. The van der Waals surface area contributed by atoms with E-state index in [-0.39, 0.29) is 3.57 Å². The summed E-state index contributed by atoms with van der Waals surface area (Å²) in [5, 5.41) is 0. The average Bonchev–Trinajstić information content (AvgIpc) is 2.92. The maximum atomic E-state index is 13.4. The molecule has 3 nitrogen and oxygen atoms in total. The molecular formula is C20H15F3INO2. The summed E-state index contributed by atoms with van der Waals surface area (Å²) in [6.07, 6.45) is -3.30. The lowest BCUT2D eigenvalue weighted by Gasteiger charge is -2.11. The molecule has 27 heavy (non-hydrogen) atoms. The van der Waals surface area contributed by atoms with E-state index in [1.165, 1.54) is 6.92 Å². The lowest BCUT2D eigenvalue weighted by molar-refractivity contribution is -0.138. The van der Waals surface area contributed by atoms with Crippen molar-refractivity contribution in [3.63, 3.8) is 0 Å². The normalized spacial score (nSPS) is 11.4. The maximum absolute atomic E-state index is 13.4. The lowest BCUT2D eigenvalue weighted by Crippen LogP contribution is -2.05. The standard InChI is InChI=1S/C20H15F3INO2/c1-13(26)27-16-9-7-15(8-10-16)19-18(24)17(20(21,22)23)12-25(19)11-14-5-3-2-4-6-14/h2-10,12H,11H2,1H3. The number of carbonyl (C=O) groups is 1. The van der Waals surface area contributed by atoms with Crippen LogP contribution in [0.3, 0.4) is 0 Å². The Kier molecular flexibility index (Phi) is 5.59. The smallest absolute Gasteiger partial charge is 0.418 e. The fourth-order valence-corrected chi connectivity index (χ4v) is 3.84. The summed E-state index contributed by atoms with van der Waals surface area (Å²) in [4.78, 5) is 11.0. The van der Waals surface area contributed by atoms with Gasteiger partial charge >= 0.3 is 12.1 Å². The van der Waals surface area contributed by atoms with Gasteiger partial charge in [0.2, 0.25) is 0 Å². The van der Waals surface area contributed by atoms with Gasteiger partial charge in [-0.2, -0.15) is 13.2 Å². The van der Waals surface area contributed by atoms with Crippen LogP contribution in [0.2, 0.25) is 0 Å². The number of ether oxygens (including phenoxy) is 1. The first-order valence-electron chi connectivity index (χ1n) is 8.04. The van der Waals surface area contributed by atoms with Gasteiger partial charge in [-0.25, -0.2) is 0 Å². The van der Waals surface area contributed by atoms with Gasteiger partial charge in [0, 0.05) is 19.7 Å². The number of aromatic nitrogens is 1. The third-order valence-electron chi connectivity index (χ3n) is 3.91. The molecule has 0 aliphatic heterocycles. The Morgan fingerprint density at radius 2 is 1.70 bits per heavy atom. The molecule has 0 saturated heterocycles. The first-order valence-corrected chi connectivity index (χ1v) is 9.12. The molecule has 140 valence electrons. The Labute approximate surface area is 167 Å². The second-order valence-electron chi connectivity index (χ2n) is 5.93. The van der Waals surface area contributed by atoms with Crippen LogP contribution in [0.4, 0.5) is 13.2 Å². The first kappa shape index (κ1) is 19.5. The van der Waals surface area contributed by atoms with Gasteiger partial charge in [0.05, 0.1) is 14.8 Å². The zero-order valence-electron chi connectivity index (χ0n) is 14.3. The minimum Gasteiger partial charge on any atom is -0.427 e. The topological polar surface area (TPSA) is 31.2 Å². The lowest BCUT2D eigenvalue weighted by atomic mass is 10.1. The first-order chi connectivity index (χ1) is 12.8.